The van der Waals surface area contributed by atoms with Crippen LogP contribution in [0, 0.1) is 0 Å². The minimum absolute atomic E-state index is 0.549. The predicted octanol–water partition coefficient (Wildman–Crippen LogP) is 1.71. The summed E-state index contributed by atoms with van der Waals surface area (Å²) in [4.78, 5) is 11.2. The minimum atomic E-state index is -0.549. The van der Waals surface area contributed by atoms with E-state index in [1.165, 1.54) is 0 Å². The fourth-order valence-electron chi connectivity index (χ4n) is 2.75. The highest BCUT2D eigenvalue weighted by Crippen LogP contribution is 2.27. The van der Waals surface area contributed by atoms with Crippen molar-refractivity contribution in [1.82, 2.24) is 14.5 Å². The van der Waals surface area contributed by atoms with Crippen molar-refractivity contribution in [3.8, 4) is 0 Å². The molecule has 0 saturated carbocycles. The third-order valence-electron chi connectivity index (χ3n) is 3.99. The monoisotopic (exact) mass is 260 g/mol. The van der Waals surface area contributed by atoms with E-state index in [4.69, 9.17) is 0 Å². The number of fused-ring (bicyclic) bond motifs is 1. The summed E-state index contributed by atoms with van der Waals surface area (Å²) >= 11 is 0. The Morgan fingerprint density at radius 1 is 1.26 bits per heavy atom. The normalized spacial score (nSPS) is 24.7. The summed E-state index contributed by atoms with van der Waals surface area (Å²) in [5.74, 6) is 0.941. The van der Waals surface area contributed by atoms with Crippen molar-refractivity contribution < 1.29 is 5.11 Å². The van der Waals surface area contributed by atoms with Crippen molar-refractivity contribution in [2.45, 2.75) is 31.8 Å². The molecule has 0 aromatic carbocycles. The Balaban J connectivity index is 1.96. The van der Waals surface area contributed by atoms with E-state index in [1.807, 2.05) is 37.1 Å². The maximum Gasteiger partial charge on any atom is 0.156 e. The van der Waals surface area contributed by atoms with E-state index in [0.29, 0.717) is 0 Å². The van der Waals surface area contributed by atoms with E-state index < -0.39 is 5.60 Å². The van der Waals surface area contributed by atoms with Crippen LogP contribution < -0.4 is 4.90 Å². The van der Waals surface area contributed by atoms with Crippen molar-refractivity contribution >= 4 is 16.9 Å². The molecule has 0 bridgehead atoms. The Hall–Kier alpha value is -1.62. The fourth-order valence-corrected chi connectivity index (χ4v) is 2.75. The van der Waals surface area contributed by atoms with Crippen LogP contribution in [0.15, 0.2) is 18.6 Å². The Kier molecular flexibility index (Phi) is 2.93. The van der Waals surface area contributed by atoms with E-state index in [1.54, 1.807) is 0 Å². The molecule has 5 nitrogen and oxygen atoms in total. The highest BCUT2D eigenvalue weighted by molar-refractivity contribution is 5.86. The third kappa shape index (κ3) is 2.30. The lowest BCUT2D eigenvalue weighted by Crippen LogP contribution is -2.28. The first-order valence-electron chi connectivity index (χ1n) is 6.80. The zero-order valence-corrected chi connectivity index (χ0v) is 11.5. The van der Waals surface area contributed by atoms with Crippen LogP contribution in [-0.2, 0) is 7.05 Å². The molecule has 0 aliphatic carbocycles. The van der Waals surface area contributed by atoms with Gasteiger partial charge in [-0.15, -0.1) is 0 Å². The number of pyridine rings is 1. The van der Waals surface area contributed by atoms with Crippen molar-refractivity contribution in [3.05, 3.63) is 18.6 Å². The van der Waals surface area contributed by atoms with Gasteiger partial charge in [0.1, 0.15) is 5.52 Å². The van der Waals surface area contributed by atoms with Crippen LogP contribution in [0.4, 0.5) is 5.82 Å². The number of anilines is 1. The molecular weight excluding hydrogens is 240 g/mol. The van der Waals surface area contributed by atoms with Crippen LogP contribution in [0.3, 0.4) is 0 Å². The molecule has 19 heavy (non-hydrogen) atoms. The Labute approximate surface area is 112 Å². The van der Waals surface area contributed by atoms with E-state index >= 15 is 0 Å². The molecule has 3 heterocycles. The van der Waals surface area contributed by atoms with Crippen LogP contribution in [0.2, 0.25) is 0 Å². The molecule has 1 atom stereocenters. The molecule has 1 fully saturated rings. The lowest BCUT2D eigenvalue weighted by molar-refractivity contribution is 0.0481. The van der Waals surface area contributed by atoms with Crippen LogP contribution in [0.25, 0.3) is 11.0 Å². The number of hydrogen-bond acceptors (Lipinski definition) is 4. The fraction of sp³-hybridized carbons (Fsp3) is 0.571. The molecule has 0 amide bonds. The number of hydrogen-bond donors (Lipinski definition) is 1. The Bertz CT molecular complexity index is 590. The van der Waals surface area contributed by atoms with Crippen LogP contribution in [0.5, 0.6) is 0 Å². The van der Waals surface area contributed by atoms with Gasteiger partial charge in [-0.25, -0.2) is 9.97 Å². The number of rotatable bonds is 1. The van der Waals surface area contributed by atoms with Gasteiger partial charge in [-0.05, 0) is 32.3 Å². The van der Waals surface area contributed by atoms with Gasteiger partial charge in [0, 0.05) is 26.3 Å². The van der Waals surface area contributed by atoms with Gasteiger partial charge in [0.15, 0.2) is 5.82 Å². The lowest BCUT2D eigenvalue weighted by Gasteiger charge is -2.23. The quantitative estimate of drug-likeness (QED) is 0.848. The first-order valence-corrected chi connectivity index (χ1v) is 6.80. The van der Waals surface area contributed by atoms with Crippen molar-refractivity contribution in [2.75, 3.05) is 18.0 Å². The molecular formula is C14H20N4O. The van der Waals surface area contributed by atoms with Gasteiger partial charge in [-0.1, -0.05) is 0 Å². The van der Waals surface area contributed by atoms with Gasteiger partial charge in [0.05, 0.1) is 17.4 Å². The van der Waals surface area contributed by atoms with Crippen LogP contribution in [-0.4, -0.2) is 38.3 Å². The average molecular weight is 260 g/mol. The van der Waals surface area contributed by atoms with Gasteiger partial charge in [-0.3, -0.25) is 0 Å². The minimum Gasteiger partial charge on any atom is -0.390 e. The van der Waals surface area contributed by atoms with E-state index in [-0.39, 0.29) is 0 Å². The first-order chi connectivity index (χ1) is 9.07. The number of aromatic nitrogens is 3. The van der Waals surface area contributed by atoms with Gasteiger partial charge < -0.3 is 14.6 Å². The highest BCUT2D eigenvalue weighted by atomic mass is 16.3. The Morgan fingerprint density at radius 3 is 2.95 bits per heavy atom. The van der Waals surface area contributed by atoms with Crippen molar-refractivity contribution in [2.24, 2.45) is 7.05 Å². The number of nitrogens with zero attached hydrogens (tertiary/aromatic N) is 4. The van der Waals surface area contributed by atoms with Gasteiger partial charge in [0.25, 0.3) is 0 Å². The summed E-state index contributed by atoms with van der Waals surface area (Å²) in [5.41, 5.74) is 1.50. The summed E-state index contributed by atoms with van der Waals surface area (Å²) < 4.78 is 2.01. The molecule has 1 saturated heterocycles. The van der Waals surface area contributed by atoms with Crippen molar-refractivity contribution in [3.63, 3.8) is 0 Å². The van der Waals surface area contributed by atoms with E-state index in [0.717, 1.165) is 49.2 Å². The summed E-state index contributed by atoms with van der Waals surface area (Å²) in [5, 5.41) is 10.2. The molecule has 2 aromatic rings. The predicted molar refractivity (Wildman–Crippen MR) is 75.2 cm³/mol. The maximum atomic E-state index is 10.2. The second-order valence-corrected chi connectivity index (χ2v) is 5.70. The van der Waals surface area contributed by atoms with Crippen molar-refractivity contribution in [1.29, 1.82) is 0 Å². The maximum absolute atomic E-state index is 10.2. The smallest absolute Gasteiger partial charge is 0.156 e. The van der Waals surface area contributed by atoms with Gasteiger partial charge in [0.2, 0.25) is 0 Å². The molecule has 5 heteroatoms. The lowest BCUT2D eigenvalue weighted by atomic mass is 9.98. The van der Waals surface area contributed by atoms with Crippen LogP contribution >= 0.6 is 0 Å². The molecule has 1 N–H and O–H groups in total. The molecule has 0 spiro atoms. The topological polar surface area (TPSA) is 54.2 Å². The van der Waals surface area contributed by atoms with E-state index in [2.05, 4.69) is 14.9 Å². The largest absolute Gasteiger partial charge is 0.390 e. The number of aliphatic hydroxyl groups is 1. The summed E-state index contributed by atoms with van der Waals surface area (Å²) in [7, 11) is 1.99. The summed E-state index contributed by atoms with van der Waals surface area (Å²) in [6.07, 6.45) is 6.27. The molecule has 0 radical (unpaired) electrons. The second kappa shape index (κ2) is 4.49. The molecule has 2 aromatic heterocycles. The van der Waals surface area contributed by atoms with Gasteiger partial charge >= 0.3 is 0 Å². The standard InChI is InChI=1S/C14H20N4O/c1-14(19)5-3-8-18(9-6-14)13-12-11(4-7-15-13)17(2)10-16-12/h4,7,10,19H,3,5-6,8-9H2,1-2H3. The summed E-state index contributed by atoms with van der Waals surface area (Å²) in [6, 6.07) is 1.99. The molecule has 102 valence electrons. The zero-order chi connectivity index (χ0) is 13.5. The highest BCUT2D eigenvalue weighted by Gasteiger charge is 2.26. The molecule has 1 aliphatic heterocycles. The van der Waals surface area contributed by atoms with Crippen LogP contribution in [0.1, 0.15) is 26.2 Å². The number of aryl methyl sites for hydroxylation is 1. The second-order valence-electron chi connectivity index (χ2n) is 5.70. The molecule has 1 unspecified atom stereocenters. The Morgan fingerprint density at radius 2 is 2.11 bits per heavy atom. The number of imidazole rings is 1. The van der Waals surface area contributed by atoms with E-state index in [9.17, 15) is 5.11 Å². The third-order valence-corrected chi connectivity index (χ3v) is 3.99. The summed E-state index contributed by atoms with van der Waals surface area (Å²) in [6.45, 7) is 3.68. The molecule has 1 aliphatic rings. The zero-order valence-electron chi connectivity index (χ0n) is 11.5. The SMILES string of the molecule is Cn1cnc2c(N3CCCC(C)(O)CC3)nccc21. The average Bonchev–Trinajstić information content (AvgIpc) is 2.65. The first kappa shape index (κ1) is 12.4. The van der Waals surface area contributed by atoms with Gasteiger partial charge in [-0.2, -0.15) is 0 Å². The molecule has 3 rings (SSSR count).